The van der Waals surface area contributed by atoms with Crippen molar-refractivity contribution >= 4 is 21.4 Å². The minimum atomic E-state index is -3.09. The molecule has 0 spiro atoms. The van der Waals surface area contributed by atoms with Crippen LogP contribution in [0.4, 0.5) is 0 Å². The summed E-state index contributed by atoms with van der Waals surface area (Å²) in [6, 6.07) is 7.48. The van der Waals surface area contributed by atoms with Gasteiger partial charge in [0.2, 0.25) is 0 Å². The molecule has 1 aromatic rings. The number of likely N-dealkylation sites (N-methyl/N-ethyl adjacent to an activating group) is 1. The summed E-state index contributed by atoms with van der Waals surface area (Å²) in [5, 5.41) is 0. The van der Waals surface area contributed by atoms with Gasteiger partial charge in [-0.25, -0.2) is 8.42 Å². The lowest BCUT2D eigenvalue weighted by atomic mass is 10.1. The number of nitrogens with zero attached hydrogens (tertiary/aromatic N) is 1. The Hall–Kier alpha value is -0.580. The Morgan fingerprint density at radius 1 is 1.25 bits per heavy atom. The van der Waals surface area contributed by atoms with E-state index in [1.807, 2.05) is 24.1 Å². The standard InChI is InChI=1S/C11H16ClNO2S/c1-13(9-12)8-7-10-3-5-11(6-4-10)16(2,14)15/h3-6H,7-9H2,1-2H3. The van der Waals surface area contributed by atoms with Gasteiger partial charge in [0.15, 0.2) is 9.84 Å². The zero-order chi connectivity index (χ0) is 12.2. The Morgan fingerprint density at radius 2 is 1.81 bits per heavy atom. The highest BCUT2D eigenvalue weighted by atomic mass is 35.5. The topological polar surface area (TPSA) is 37.4 Å². The number of halogens is 1. The molecule has 3 nitrogen and oxygen atoms in total. The summed E-state index contributed by atoms with van der Waals surface area (Å²) in [5.41, 5.74) is 1.12. The van der Waals surface area contributed by atoms with E-state index in [4.69, 9.17) is 11.6 Å². The van der Waals surface area contributed by atoms with E-state index in [-0.39, 0.29) is 0 Å². The molecule has 16 heavy (non-hydrogen) atoms. The summed E-state index contributed by atoms with van der Waals surface area (Å²) >= 11 is 5.65. The molecule has 0 unspecified atom stereocenters. The second kappa shape index (κ2) is 5.66. The molecule has 0 fully saturated rings. The lowest BCUT2D eigenvalue weighted by Gasteiger charge is -2.12. The molecule has 0 radical (unpaired) electrons. The third-order valence-electron chi connectivity index (χ3n) is 2.34. The first-order valence-corrected chi connectivity index (χ1v) is 7.39. The molecule has 0 aliphatic rings. The molecule has 0 heterocycles. The minimum Gasteiger partial charge on any atom is -0.293 e. The first-order chi connectivity index (χ1) is 7.43. The number of sulfone groups is 1. The Balaban J connectivity index is 2.66. The van der Waals surface area contributed by atoms with Gasteiger partial charge in [-0.15, -0.1) is 11.6 Å². The predicted molar refractivity (Wildman–Crippen MR) is 66.6 cm³/mol. The monoisotopic (exact) mass is 261 g/mol. The molecule has 0 saturated carbocycles. The summed E-state index contributed by atoms with van der Waals surface area (Å²) in [5.74, 6) is 0. The van der Waals surface area contributed by atoms with Crippen LogP contribution in [0, 0.1) is 0 Å². The summed E-state index contributed by atoms with van der Waals surface area (Å²) in [6.07, 6.45) is 2.08. The fourth-order valence-corrected chi connectivity index (χ4v) is 2.03. The number of rotatable bonds is 5. The SMILES string of the molecule is CN(CCl)CCc1ccc(S(C)(=O)=O)cc1. The van der Waals surface area contributed by atoms with E-state index < -0.39 is 9.84 Å². The molecule has 0 atom stereocenters. The van der Waals surface area contributed by atoms with Crippen molar-refractivity contribution in [3.63, 3.8) is 0 Å². The van der Waals surface area contributed by atoms with Crippen LogP contribution in [-0.2, 0) is 16.3 Å². The molecule has 90 valence electrons. The summed E-state index contributed by atoms with van der Waals surface area (Å²) in [6.45, 7) is 0.863. The molecule has 0 saturated heterocycles. The van der Waals surface area contributed by atoms with Gasteiger partial charge >= 0.3 is 0 Å². The molecule has 1 aromatic carbocycles. The lowest BCUT2D eigenvalue weighted by molar-refractivity contribution is 0.394. The fraction of sp³-hybridized carbons (Fsp3) is 0.455. The van der Waals surface area contributed by atoms with Crippen LogP contribution in [0.15, 0.2) is 29.2 Å². The van der Waals surface area contributed by atoms with Crippen LogP contribution in [0.3, 0.4) is 0 Å². The van der Waals surface area contributed by atoms with Crippen LogP contribution >= 0.6 is 11.6 Å². The smallest absolute Gasteiger partial charge is 0.175 e. The highest BCUT2D eigenvalue weighted by molar-refractivity contribution is 7.90. The summed E-state index contributed by atoms with van der Waals surface area (Å²) in [7, 11) is -1.14. The van der Waals surface area contributed by atoms with E-state index in [2.05, 4.69) is 0 Å². The highest BCUT2D eigenvalue weighted by Crippen LogP contribution is 2.10. The van der Waals surface area contributed by atoms with Crippen molar-refractivity contribution in [1.82, 2.24) is 4.90 Å². The molecule has 0 amide bonds. The fourth-order valence-electron chi connectivity index (χ4n) is 1.28. The maximum Gasteiger partial charge on any atom is 0.175 e. The van der Waals surface area contributed by atoms with Crippen molar-refractivity contribution in [1.29, 1.82) is 0 Å². The van der Waals surface area contributed by atoms with Crippen LogP contribution in [0.25, 0.3) is 0 Å². The number of hydrogen-bond acceptors (Lipinski definition) is 3. The van der Waals surface area contributed by atoms with Gasteiger partial charge in [0.1, 0.15) is 0 Å². The van der Waals surface area contributed by atoms with E-state index in [1.165, 1.54) is 6.26 Å². The van der Waals surface area contributed by atoms with Crippen LogP contribution in [0.5, 0.6) is 0 Å². The Kier molecular flexibility index (Phi) is 4.77. The second-order valence-electron chi connectivity index (χ2n) is 3.87. The van der Waals surface area contributed by atoms with Gasteiger partial charge in [-0.3, -0.25) is 4.90 Å². The maximum absolute atomic E-state index is 11.2. The zero-order valence-corrected chi connectivity index (χ0v) is 11.1. The van der Waals surface area contributed by atoms with Gasteiger partial charge in [0.25, 0.3) is 0 Å². The quantitative estimate of drug-likeness (QED) is 0.599. The van der Waals surface area contributed by atoms with Crippen LogP contribution in [-0.4, -0.2) is 39.2 Å². The van der Waals surface area contributed by atoms with E-state index in [9.17, 15) is 8.42 Å². The van der Waals surface area contributed by atoms with Gasteiger partial charge < -0.3 is 0 Å². The van der Waals surface area contributed by atoms with Crippen LogP contribution < -0.4 is 0 Å². The number of alkyl halides is 1. The Morgan fingerprint density at radius 3 is 2.25 bits per heavy atom. The van der Waals surface area contributed by atoms with Gasteiger partial charge in [0, 0.05) is 12.8 Å². The summed E-state index contributed by atoms with van der Waals surface area (Å²) < 4.78 is 22.5. The molecule has 0 N–H and O–H groups in total. The number of hydrogen-bond donors (Lipinski definition) is 0. The molecular formula is C11H16ClNO2S. The Labute approximate surface area is 102 Å². The Bertz CT molecular complexity index is 428. The van der Waals surface area contributed by atoms with Gasteiger partial charge in [-0.05, 0) is 31.2 Å². The molecular weight excluding hydrogens is 246 g/mol. The molecule has 5 heteroatoms. The second-order valence-corrected chi connectivity index (χ2v) is 6.12. The van der Waals surface area contributed by atoms with E-state index in [1.54, 1.807) is 12.1 Å². The average molecular weight is 262 g/mol. The third-order valence-corrected chi connectivity index (χ3v) is 3.87. The third kappa shape index (κ3) is 4.12. The average Bonchev–Trinajstić information content (AvgIpc) is 2.25. The number of benzene rings is 1. The van der Waals surface area contributed by atoms with E-state index in [0.717, 1.165) is 18.5 Å². The first-order valence-electron chi connectivity index (χ1n) is 4.97. The first kappa shape index (κ1) is 13.5. The molecule has 0 aliphatic carbocycles. The summed E-state index contributed by atoms with van der Waals surface area (Å²) in [4.78, 5) is 2.36. The largest absolute Gasteiger partial charge is 0.293 e. The van der Waals surface area contributed by atoms with Gasteiger partial charge in [-0.1, -0.05) is 12.1 Å². The predicted octanol–water partition coefficient (Wildman–Crippen LogP) is 1.76. The van der Waals surface area contributed by atoms with Crippen molar-refractivity contribution in [3.8, 4) is 0 Å². The van der Waals surface area contributed by atoms with Crippen molar-refractivity contribution in [2.75, 3.05) is 25.9 Å². The van der Waals surface area contributed by atoms with Crippen molar-refractivity contribution < 1.29 is 8.42 Å². The molecule has 0 aromatic heterocycles. The van der Waals surface area contributed by atoms with Crippen LogP contribution in [0.2, 0.25) is 0 Å². The van der Waals surface area contributed by atoms with Crippen molar-refractivity contribution in [2.24, 2.45) is 0 Å². The molecule has 0 bridgehead atoms. The van der Waals surface area contributed by atoms with E-state index >= 15 is 0 Å². The van der Waals surface area contributed by atoms with Gasteiger partial charge in [-0.2, -0.15) is 0 Å². The maximum atomic E-state index is 11.2. The van der Waals surface area contributed by atoms with E-state index in [0.29, 0.717) is 10.9 Å². The zero-order valence-electron chi connectivity index (χ0n) is 9.48. The van der Waals surface area contributed by atoms with Crippen LogP contribution in [0.1, 0.15) is 5.56 Å². The normalized spacial score (nSPS) is 12.0. The lowest BCUT2D eigenvalue weighted by Crippen LogP contribution is -2.19. The van der Waals surface area contributed by atoms with Gasteiger partial charge in [0.05, 0.1) is 10.9 Å². The molecule has 1 rings (SSSR count). The van der Waals surface area contributed by atoms with Crippen molar-refractivity contribution in [3.05, 3.63) is 29.8 Å². The highest BCUT2D eigenvalue weighted by Gasteiger charge is 2.06. The molecule has 0 aliphatic heterocycles. The van der Waals surface area contributed by atoms with Crippen molar-refractivity contribution in [2.45, 2.75) is 11.3 Å². The minimum absolute atomic E-state index is 0.363.